The van der Waals surface area contributed by atoms with E-state index in [1.165, 1.54) is 48.8 Å². The van der Waals surface area contributed by atoms with Gasteiger partial charge in [-0.25, -0.2) is 9.97 Å². The lowest BCUT2D eigenvalue weighted by molar-refractivity contribution is 0.410. The lowest BCUT2D eigenvalue weighted by Crippen LogP contribution is -2.06. The number of fused-ring (bicyclic) bond motifs is 1. The number of unbranched alkanes of at least 4 members (excludes halogenated alkanes) is 2. The fraction of sp³-hybridized carbons (Fsp3) is 0.345. The van der Waals surface area contributed by atoms with Crippen molar-refractivity contribution in [2.24, 2.45) is 10.2 Å². The largest absolute Gasteiger partial charge is 0.496 e. The van der Waals surface area contributed by atoms with Crippen molar-refractivity contribution in [2.75, 3.05) is 30.1 Å². The van der Waals surface area contributed by atoms with Crippen LogP contribution in [0.3, 0.4) is 0 Å². The minimum Gasteiger partial charge on any atom is -0.496 e. The van der Waals surface area contributed by atoms with Gasteiger partial charge in [0, 0.05) is 34.9 Å². The number of ether oxygens (including phenoxy) is 1. The van der Waals surface area contributed by atoms with Crippen LogP contribution in [0.15, 0.2) is 80.0 Å². The number of azo groups is 1. The highest BCUT2D eigenvalue weighted by molar-refractivity contribution is 7.99. The minimum absolute atomic E-state index is 0.186. The van der Waals surface area contributed by atoms with Gasteiger partial charge in [-0.2, -0.15) is 40.5 Å². The Balaban J connectivity index is 0.00000180. The zero-order valence-corrected chi connectivity index (χ0v) is 32.6. The Bertz CT molecular complexity index is 2370. The smallest absolute Gasteiger partial charge is 0.425 e. The maximum atomic E-state index is 11.8. The highest BCUT2D eigenvalue weighted by atomic mass is 32.2. The lowest BCUT2D eigenvalue weighted by atomic mass is 10.1. The van der Waals surface area contributed by atoms with Gasteiger partial charge in [0.15, 0.2) is 10.3 Å². The first-order chi connectivity index (χ1) is 24.8. The molecule has 0 amide bonds. The Morgan fingerprint density at radius 2 is 1.28 bits per heavy atom. The minimum atomic E-state index is -4.45. The fourth-order valence-electron chi connectivity index (χ4n) is 4.46. The number of thioether (sulfide) groups is 2. The summed E-state index contributed by atoms with van der Waals surface area (Å²) in [4.78, 5) is 13.3. The number of aromatic nitrogens is 3. The number of nitrogens with zero attached hydrogens (tertiary/aromatic N) is 5. The van der Waals surface area contributed by atoms with Gasteiger partial charge in [0.05, 0.1) is 30.0 Å². The summed E-state index contributed by atoms with van der Waals surface area (Å²) in [5, 5.41) is 10.2. The van der Waals surface area contributed by atoms with Gasteiger partial charge >= 0.3 is 10.6 Å². The summed E-state index contributed by atoms with van der Waals surface area (Å²) in [6.07, 6.45) is 1.99. The van der Waals surface area contributed by atoms with Crippen molar-refractivity contribution in [3.8, 4) is 5.75 Å². The molecule has 0 bridgehead atoms. The van der Waals surface area contributed by atoms with E-state index < -0.39 is 46.7 Å². The third kappa shape index (κ3) is 16.5. The van der Waals surface area contributed by atoms with Gasteiger partial charge in [-0.1, -0.05) is 54.2 Å². The van der Waals surface area contributed by atoms with Gasteiger partial charge in [-0.05, 0) is 48.9 Å². The van der Waals surface area contributed by atoms with Crippen LogP contribution in [-0.2, 0) is 47.4 Å². The fourth-order valence-corrected chi connectivity index (χ4v) is 8.13. The molecule has 0 atom stereocenters. The monoisotopic (exact) mass is 851 g/mol. The molecule has 0 saturated carbocycles. The second kappa shape index (κ2) is 20.2. The summed E-state index contributed by atoms with van der Waals surface area (Å²) in [6.45, 7) is 0. The molecular formula is C29H33N5O13S6. The van der Waals surface area contributed by atoms with E-state index in [0.717, 1.165) is 5.56 Å². The van der Waals surface area contributed by atoms with E-state index in [9.17, 15) is 29.8 Å². The molecular weight excluding hydrogens is 819 g/mol. The Labute approximate surface area is 315 Å². The molecule has 0 saturated heterocycles. The molecule has 1 aromatic heterocycles. The second-order valence-electron chi connectivity index (χ2n) is 10.7. The molecule has 0 radical (unpaired) electrons. The number of hydrogen-bond acceptors (Lipinski definition) is 17. The first-order valence-electron chi connectivity index (χ1n) is 15.1. The maximum absolute atomic E-state index is 11.8. The number of hydrogen-bond donors (Lipinski definition) is 3. The molecule has 0 unspecified atom stereocenters. The molecule has 0 spiro atoms. The van der Waals surface area contributed by atoms with Crippen molar-refractivity contribution in [2.45, 2.75) is 47.3 Å². The zero-order valence-electron chi connectivity index (χ0n) is 27.7. The van der Waals surface area contributed by atoms with Crippen LogP contribution in [0.5, 0.6) is 5.75 Å². The molecule has 0 aliphatic rings. The predicted molar refractivity (Wildman–Crippen MR) is 196 cm³/mol. The van der Waals surface area contributed by atoms with Gasteiger partial charge in [-0.3, -0.25) is 13.7 Å². The highest BCUT2D eigenvalue weighted by Gasteiger charge is 2.15. The molecule has 4 rings (SSSR count). The summed E-state index contributed by atoms with van der Waals surface area (Å²) in [5.41, 5.74) is 1.53. The van der Waals surface area contributed by atoms with E-state index in [1.54, 1.807) is 36.4 Å². The normalized spacial score (nSPS) is 12.1. The zero-order chi connectivity index (χ0) is 39.2. The highest BCUT2D eigenvalue weighted by Crippen LogP contribution is 2.31. The number of rotatable bonds is 18. The van der Waals surface area contributed by atoms with Crippen molar-refractivity contribution in [1.82, 2.24) is 15.0 Å². The Kier molecular flexibility index (Phi) is 16.7. The van der Waals surface area contributed by atoms with Gasteiger partial charge in [0.1, 0.15) is 16.5 Å². The molecule has 288 valence electrons. The molecule has 3 aromatic carbocycles. The van der Waals surface area contributed by atoms with Crippen molar-refractivity contribution in [3.05, 3.63) is 66.0 Å². The maximum Gasteiger partial charge on any atom is 0.425 e. The molecule has 53 heavy (non-hydrogen) atoms. The van der Waals surface area contributed by atoms with Crippen LogP contribution in [0.25, 0.3) is 10.8 Å². The average Bonchev–Trinajstić information content (AvgIpc) is 3.06. The molecule has 1 heterocycles. The topological polar surface area (TPSA) is 287 Å². The summed E-state index contributed by atoms with van der Waals surface area (Å²) in [7, 11) is -14.2. The Hall–Kier alpha value is -3.62. The number of methoxy groups -OCH3 is 1. The van der Waals surface area contributed by atoms with Crippen molar-refractivity contribution < 1.29 is 56.3 Å². The second-order valence-corrected chi connectivity index (χ2v) is 17.8. The van der Waals surface area contributed by atoms with Crippen LogP contribution in [0.2, 0.25) is 0 Å². The van der Waals surface area contributed by atoms with Crippen molar-refractivity contribution in [3.63, 3.8) is 0 Å². The summed E-state index contributed by atoms with van der Waals surface area (Å²) in [5.74, 6) is 1.11. The SMILES string of the molecule is COc1cc(N=Nc2ccc3cccc(S(=O)(=O)O)c3c2)ccc1Cc1nc(SCCCCCS(=O)(=O)O)nc(SCCCS(=O)(=O)O)n1.O=S(=O)=O. The van der Waals surface area contributed by atoms with Crippen LogP contribution in [0, 0.1) is 0 Å². The van der Waals surface area contributed by atoms with Gasteiger partial charge in [0.25, 0.3) is 30.4 Å². The quantitative estimate of drug-likeness (QED) is 0.0524. The molecule has 0 aliphatic heterocycles. The first kappa shape index (κ1) is 43.8. The third-order valence-corrected chi connectivity index (χ3v) is 11.1. The third-order valence-electron chi connectivity index (χ3n) is 6.70. The summed E-state index contributed by atoms with van der Waals surface area (Å²) >= 11 is 2.57. The summed E-state index contributed by atoms with van der Waals surface area (Å²) in [6, 6.07) is 14.6. The molecule has 0 aliphatic carbocycles. The van der Waals surface area contributed by atoms with Crippen LogP contribution in [0.1, 0.15) is 37.1 Å². The number of benzene rings is 3. The van der Waals surface area contributed by atoms with Crippen LogP contribution in [0.4, 0.5) is 11.4 Å². The molecule has 0 fully saturated rings. The molecule has 18 nitrogen and oxygen atoms in total. The van der Waals surface area contributed by atoms with Crippen LogP contribution < -0.4 is 4.74 Å². The van der Waals surface area contributed by atoms with Gasteiger partial charge < -0.3 is 4.74 Å². The Morgan fingerprint density at radius 3 is 1.87 bits per heavy atom. The molecule has 3 N–H and O–H groups in total. The predicted octanol–water partition coefficient (Wildman–Crippen LogP) is 4.80. The van der Waals surface area contributed by atoms with E-state index in [-0.39, 0.29) is 23.5 Å². The van der Waals surface area contributed by atoms with Crippen molar-refractivity contribution in [1.29, 1.82) is 0 Å². The van der Waals surface area contributed by atoms with Gasteiger partial charge in [-0.15, -0.1) is 12.6 Å². The van der Waals surface area contributed by atoms with E-state index in [2.05, 4.69) is 25.2 Å². The Morgan fingerprint density at radius 1 is 0.717 bits per heavy atom. The first-order valence-corrected chi connectivity index (χ1v) is 22.7. The lowest BCUT2D eigenvalue weighted by Gasteiger charge is -2.10. The van der Waals surface area contributed by atoms with E-state index in [4.69, 9.17) is 26.5 Å². The van der Waals surface area contributed by atoms with E-state index in [1.807, 2.05) is 0 Å². The average molecular weight is 852 g/mol. The van der Waals surface area contributed by atoms with Crippen LogP contribution in [-0.4, -0.2) is 96.6 Å². The van der Waals surface area contributed by atoms with Crippen molar-refractivity contribution >= 4 is 86.6 Å². The summed E-state index contributed by atoms with van der Waals surface area (Å²) < 4.78 is 126. The molecule has 24 heteroatoms. The van der Waals surface area contributed by atoms with Gasteiger partial charge in [0.2, 0.25) is 0 Å². The van der Waals surface area contributed by atoms with Crippen LogP contribution >= 0.6 is 23.5 Å². The standard InChI is InChI=1S/C29H33N5O10S5.O3S/c1-44-25-19-23(34-33-22-11-9-20-7-5-8-26(24(20)18-22)49(41,42)43)12-10-21(25)17-27-30-28(45-13-3-2-4-15-47(35,36)37)32-29(31-27)46-14-6-16-48(38,39)40;1-4(2)3/h5,7-12,18-19H,2-4,6,13-17H2,1H3,(H,35,36,37)(H,38,39,40)(H,41,42,43);. The molecule has 4 aromatic rings. The van der Waals surface area contributed by atoms with E-state index in [0.29, 0.717) is 74.8 Å². The van der Waals surface area contributed by atoms with E-state index >= 15 is 0 Å².